The van der Waals surface area contributed by atoms with Crippen molar-refractivity contribution in [1.29, 1.82) is 0 Å². The fourth-order valence-electron chi connectivity index (χ4n) is 2.51. The number of ether oxygens (including phenoxy) is 1. The van der Waals surface area contributed by atoms with E-state index >= 15 is 0 Å². The highest BCUT2D eigenvalue weighted by atomic mass is 19.4. The first kappa shape index (κ1) is 23.0. The van der Waals surface area contributed by atoms with Crippen LogP contribution < -0.4 is 5.32 Å². The maximum absolute atomic E-state index is 12.7. The third kappa shape index (κ3) is 5.72. The summed E-state index contributed by atoms with van der Waals surface area (Å²) in [6, 6.07) is -0.410. The number of amides is 2. The van der Waals surface area contributed by atoms with Gasteiger partial charge in [0.05, 0.1) is 6.04 Å². The van der Waals surface area contributed by atoms with Crippen molar-refractivity contribution in [3.05, 3.63) is 24.3 Å². The topological polar surface area (TPSA) is 78.9 Å². The summed E-state index contributed by atoms with van der Waals surface area (Å²) in [7, 11) is 0. The Labute approximate surface area is 157 Å². The molecule has 6 nitrogen and oxygen atoms in total. The molecule has 0 unspecified atom stereocenters. The number of alkyl halides is 3. The molecule has 1 rings (SSSR count). The van der Waals surface area contributed by atoms with Crippen LogP contribution in [0.1, 0.15) is 40.5 Å². The lowest BCUT2D eigenvalue weighted by atomic mass is 9.99. The summed E-state index contributed by atoms with van der Waals surface area (Å²) >= 11 is 0. The van der Waals surface area contributed by atoms with Gasteiger partial charge in [0, 0.05) is 13.1 Å². The maximum Gasteiger partial charge on any atom is 0.426 e. The van der Waals surface area contributed by atoms with Gasteiger partial charge in [-0.05, 0) is 51.7 Å². The normalized spacial score (nSPS) is 20.0. The second-order valence-corrected chi connectivity index (χ2v) is 7.71. The van der Waals surface area contributed by atoms with Crippen LogP contribution in [0.25, 0.3) is 0 Å². The quantitative estimate of drug-likeness (QED) is 0.705. The average Bonchev–Trinajstić information content (AvgIpc) is 2.98. The van der Waals surface area contributed by atoms with Gasteiger partial charge in [0.15, 0.2) is 0 Å². The highest BCUT2D eigenvalue weighted by molar-refractivity contribution is 5.85. The third-order valence-electron chi connectivity index (χ3n) is 4.19. The molecule has 154 valence electrons. The van der Waals surface area contributed by atoms with E-state index in [1.165, 1.54) is 4.90 Å². The Balaban J connectivity index is 2.72. The molecule has 0 aromatic carbocycles. The maximum atomic E-state index is 12.7. The number of carbonyl (C=O) groups excluding carboxylic acids is 2. The first-order valence-corrected chi connectivity index (χ1v) is 8.52. The molecule has 1 saturated heterocycles. The highest BCUT2D eigenvalue weighted by Crippen LogP contribution is 2.31. The molecule has 2 atom stereocenters. The van der Waals surface area contributed by atoms with E-state index in [0.717, 1.165) is 0 Å². The van der Waals surface area contributed by atoms with Crippen molar-refractivity contribution >= 4 is 12.0 Å². The average molecular weight is 392 g/mol. The Kier molecular flexibility index (Phi) is 6.75. The number of likely N-dealkylation sites (tertiary alicyclic amines) is 1. The van der Waals surface area contributed by atoms with Crippen LogP contribution in [-0.2, 0) is 9.53 Å². The summed E-state index contributed by atoms with van der Waals surface area (Å²) < 4.78 is 43.4. The van der Waals surface area contributed by atoms with Gasteiger partial charge in [0.2, 0.25) is 5.60 Å². The van der Waals surface area contributed by atoms with Crippen LogP contribution in [0.4, 0.5) is 18.0 Å². The van der Waals surface area contributed by atoms with E-state index in [1.807, 2.05) is 5.32 Å². The minimum absolute atomic E-state index is 0.266. The van der Waals surface area contributed by atoms with Crippen LogP contribution in [0.15, 0.2) is 24.3 Å². The zero-order valence-electron chi connectivity index (χ0n) is 16.1. The minimum atomic E-state index is -5.10. The fraction of sp³-hybridized carbons (Fsp3) is 0.667. The number of aliphatic hydroxyl groups is 1. The van der Waals surface area contributed by atoms with Crippen LogP contribution in [0.3, 0.4) is 0 Å². The zero-order valence-corrected chi connectivity index (χ0v) is 16.1. The molecular formula is C18H27F3N2O4. The van der Waals surface area contributed by atoms with Gasteiger partial charge < -0.3 is 20.1 Å². The molecule has 0 aliphatic carbocycles. The van der Waals surface area contributed by atoms with Gasteiger partial charge in [0.1, 0.15) is 5.60 Å². The van der Waals surface area contributed by atoms with E-state index in [0.29, 0.717) is 31.9 Å². The summed E-state index contributed by atoms with van der Waals surface area (Å²) in [5.74, 6) is -1.58. The number of carbonyl (C=O) groups is 2. The molecule has 1 aliphatic rings. The Hall–Kier alpha value is -2.03. The Morgan fingerprint density at radius 2 is 1.78 bits per heavy atom. The number of nitrogens with one attached hydrogen (secondary N) is 1. The van der Waals surface area contributed by atoms with Gasteiger partial charge in [-0.3, -0.25) is 4.79 Å². The number of nitrogens with zero attached hydrogens (tertiary/aromatic N) is 1. The van der Waals surface area contributed by atoms with Crippen molar-refractivity contribution in [2.24, 2.45) is 0 Å². The van der Waals surface area contributed by atoms with Crippen molar-refractivity contribution in [2.45, 2.75) is 64.0 Å². The molecule has 27 heavy (non-hydrogen) atoms. The SMILES string of the molecule is C=C(CNC(=O)[C@](C)(O)C(F)(F)F)C(=C)[C@@H]1CCCN1C(=O)OC(C)(C)C. The van der Waals surface area contributed by atoms with Crippen molar-refractivity contribution in [2.75, 3.05) is 13.1 Å². The molecule has 2 N–H and O–H groups in total. The highest BCUT2D eigenvalue weighted by Gasteiger charge is 2.55. The van der Waals surface area contributed by atoms with E-state index in [2.05, 4.69) is 13.2 Å². The molecule has 1 heterocycles. The van der Waals surface area contributed by atoms with E-state index in [9.17, 15) is 27.9 Å². The Morgan fingerprint density at radius 3 is 2.26 bits per heavy atom. The lowest BCUT2D eigenvalue weighted by Crippen LogP contribution is -2.55. The number of rotatable bonds is 5. The first-order valence-electron chi connectivity index (χ1n) is 8.52. The predicted octanol–water partition coefficient (Wildman–Crippen LogP) is 2.93. The van der Waals surface area contributed by atoms with Gasteiger partial charge in [-0.1, -0.05) is 13.2 Å². The van der Waals surface area contributed by atoms with Crippen LogP contribution >= 0.6 is 0 Å². The van der Waals surface area contributed by atoms with E-state index in [1.54, 1.807) is 20.8 Å². The largest absolute Gasteiger partial charge is 0.444 e. The monoisotopic (exact) mass is 392 g/mol. The molecule has 0 bridgehead atoms. The van der Waals surface area contributed by atoms with Crippen molar-refractivity contribution in [3.8, 4) is 0 Å². The van der Waals surface area contributed by atoms with Crippen molar-refractivity contribution in [1.82, 2.24) is 10.2 Å². The predicted molar refractivity (Wildman–Crippen MR) is 93.9 cm³/mol. The van der Waals surface area contributed by atoms with E-state index < -0.39 is 35.4 Å². The molecule has 0 radical (unpaired) electrons. The summed E-state index contributed by atoms with van der Waals surface area (Å²) in [5.41, 5.74) is -3.49. The fourth-order valence-corrected chi connectivity index (χ4v) is 2.51. The van der Waals surface area contributed by atoms with Crippen LogP contribution in [0.2, 0.25) is 0 Å². The van der Waals surface area contributed by atoms with Gasteiger partial charge in [-0.15, -0.1) is 0 Å². The number of hydrogen-bond acceptors (Lipinski definition) is 4. The molecule has 0 aromatic rings. The third-order valence-corrected chi connectivity index (χ3v) is 4.19. The molecule has 0 spiro atoms. The summed E-state index contributed by atoms with van der Waals surface area (Å²) in [4.78, 5) is 25.5. The lowest BCUT2D eigenvalue weighted by molar-refractivity contribution is -0.245. The smallest absolute Gasteiger partial charge is 0.426 e. The van der Waals surface area contributed by atoms with Crippen molar-refractivity contribution in [3.63, 3.8) is 0 Å². The van der Waals surface area contributed by atoms with Gasteiger partial charge in [-0.2, -0.15) is 13.2 Å². The lowest BCUT2D eigenvalue weighted by Gasteiger charge is -2.30. The Bertz CT molecular complexity index is 621. The molecular weight excluding hydrogens is 365 g/mol. The second-order valence-electron chi connectivity index (χ2n) is 7.71. The molecule has 0 saturated carbocycles. The van der Waals surface area contributed by atoms with Crippen LogP contribution in [0, 0.1) is 0 Å². The van der Waals surface area contributed by atoms with Gasteiger partial charge >= 0.3 is 12.3 Å². The minimum Gasteiger partial charge on any atom is -0.444 e. The summed E-state index contributed by atoms with van der Waals surface area (Å²) in [6.07, 6.45) is -4.30. The van der Waals surface area contributed by atoms with Crippen LogP contribution in [-0.4, -0.2) is 58.5 Å². The number of hydrogen-bond donors (Lipinski definition) is 2. The van der Waals surface area contributed by atoms with E-state index in [4.69, 9.17) is 4.74 Å². The van der Waals surface area contributed by atoms with E-state index in [-0.39, 0.29) is 12.1 Å². The Morgan fingerprint density at radius 1 is 1.22 bits per heavy atom. The van der Waals surface area contributed by atoms with Crippen LogP contribution in [0.5, 0.6) is 0 Å². The second kappa shape index (κ2) is 7.92. The molecule has 9 heteroatoms. The number of halogens is 3. The zero-order chi connectivity index (χ0) is 21.2. The molecule has 0 aromatic heterocycles. The standard InChI is InChI=1S/C18H27F3N2O4/c1-11(10-22-14(24)17(6,26)18(19,20)21)12(2)13-8-7-9-23(13)15(25)27-16(3,4)5/h13,26H,1-2,7-10H2,3-6H3,(H,22,24)/t13-,17-/m0/s1. The summed E-state index contributed by atoms with van der Waals surface area (Å²) in [5, 5.41) is 11.4. The van der Waals surface area contributed by atoms with Gasteiger partial charge in [0.25, 0.3) is 5.91 Å². The van der Waals surface area contributed by atoms with Gasteiger partial charge in [-0.25, -0.2) is 4.79 Å². The molecule has 1 aliphatic heterocycles. The molecule has 1 fully saturated rings. The first-order chi connectivity index (χ1) is 12.1. The van der Waals surface area contributed by atoms with Crippen molar-refractivity contribution < 1.29 is 32.6 Å². The molecule has 2 amide bonds. The summed E-state index contributed by atoms with van der Waals surface area (Å²) in [6.45, 7) is 13.3.